The fourth-order valence-electron chi connectivity index (χ4n) is 3.77. The summed E-state index contributed by atoms with van der Waals surface area (Å²) in [7, 11) is 4.08. The summed E-state index contributed by atoms with van der Waals surface area (Å²) in [4.78, 5) is 24.9. The second kappa shape index (κ2) is 8.21. The summed E-state index contributed by atoms with van der Waals surface area (Å²) >= 11 is 0. The van der Waals surface area contributed by atoms with E-state index in [9.17, 15) is 4.79 Å². The molecule has 3 rings (SSSR count). The van der Waals surface area contributed by atoms with Crippen LogP contribution in [-0.4, -0.2) is 85.3 Å². The number of ether oxygens (including phenoxy) is 2. The lowest BCUT2D eigenvalue weighted by Crippen LogP contribution is -2.58. The van der Waals surface area contributed by atoms with Gasteiger partial charge >= 0.3 is 0 Å². The van der Waals surface area contributed by atoms with Gasteiger partial charge in [-0.25, -0.2) is 4.98 Å². The fourth-order valence-corrected chi connectivity index (χ4v) is 3.77. The molecule has 0 aliphatic carbocycles. The highest BCUT2D eigenvalue weighted by Gasteiger charge is 2.47. The molecule has 3 heterocycles. The minimum absolute atomic E-state index is 0.0511. The maximum atomic E-state index is 12.8. The van der Waals surface area contributed by atoms with Crippen molar-refractivity contribution in [3.8, 4) is 0 Å². The molecule has 7 nitrogen and oxygen atoms in total. The topological polar surface area (TPSA) is 67.8 Å². The van der Waals surface area contributed by atoms with Crippen LogP contribution >= 0.6 is 0 Å². The van der Waals surface area contributed by atoms with Gasteiger partial charge in [-0.1, -0.05) is 0 Å². The standard InChI is InChI=1S/C18H28N4O3/c1-21(2)9-11-24-14-18-5-3-10-25-16(18)4-8-22(13-18)17(23)15-12-19-6-7-20-15/h6-7,12,16H,3-5,8-11,13-14H2,1-2H3/t16-,18-/m1/s1. The summed E-state index contributed by atoms with van der Waals surface area (Å²) in [5.74, 6) is -0.0511. The van der Waals surface area contributed by atoms with E-state index >= 15 is 0 Å². The number of carbonyl (C=O) groups excluding carboxylic acids is 1. The van der Waals surface area contributed by atoms with E-state index in [-0.39, 0.29) is 17.4 Å². The van der Waals surface area contributed by atoms with E-state index in [2.05, 4.69) is 14.9 Å². The molecule has 0 aromatic carbocycles. The second-order valence-electron chi connectivity index (χ2n) is 7.29. The Hall–Kier alpha value is -1.57. The highest BCUT2D eigenvalue weighted by Crippen LogP contribution is 2.40. The molecule has 2 fully saturated rings. The van der Waals surface area contributed by atoms with Gasteiger partial charge in [0.15, 0.2) is 0 Å². The van der Waals surface area contributed by atoms with Crippen LogP contribution in [0.4, 0.5) is 0 Å². The molecule has 25 heavy (non-hydrogen) atoms. The predicted octanol–water partition coefficient (Wildman–Crippen LogP) is 1.07. The molecule has 0 N–H and O–H groups in total. The molecule has 7 heteroatoms. The van der Waals surface area contributed by atoms with Crippen LogP contribution in [0.25, 0.3) is 0 Å². The largest absolute Gasteiger partial charge is 0.379 e. The van der Waals surface area contributed by atoms with Gasteiger partial charge in [0.2, 0.25) is 0 Å². The quantitative estimate of drug-likeness (QED) is 0.716. The van der Waals surface area contributed by atoms with E-state index in [0.29, 0.717) is 32.0 Å². The molecular formula is C18H28N4O3. The molecule has 0 radical (unpaired) electrons. The highest BCUT2D eigenvalue weighted by atomic mass is 16.5. The number of rotatable bonds is 6. The number of carbonyl (C=O) groups is 1. The molecule has 2 saturated heterocycles. The lowest BCUT2D eigenvalue weighted by molar-refractivity contribution is -0.147. The molecule has 2 aliphatic heterocycles. The van der Waals surface area contributed by atoms with Crippen LogP contribution in [-0.2, 0) is 9.47 Å². The van der Waals surface area contributed by atoms with Crippen LogP contribution in [0.5, 0.6) is 0 Å². The van der Waals surface area contributed by atoms with Gasteiger partial charge < -0.3 is 19.3 Å². The Balaban J connectivity index is 1.67. The molecule has 0 bridgehead atoms. The van der Waals surface area contributed by atoms with E-state index in [4.69, 9.17) is 9.47 Å². The Bertz CT molecular complexity index is 569. The maximum Gasteiger partial charge on any atom is 0.274 e. The van der Waals surface area contributed by atoms with E-state index in [1.165, 1.54) is 6.20 Å². The predicted molar refractivity (Wildman–Crippen MR) is 93.3 cm³/mol. The number of amides is 1. The van der Waals surface area contributed by atoms with Gasteiger partial charge in [-0.2, -0.15) is 0 Å². The van der Waals surface area contributed by atoms with Gasteiger partial charge in [0.05, 0.1) is 25.5 Å². The molecule has 2 atom stereocenters. The van der Waals surface area contributed by atoms with E-state index in [1.54, 1.807) is 12.4 Å². The molecular weight excluding hydrogens is 320 g/mol. The SMILES string of the molecule is CN(C)CCOC[C@]12CCCO[C@@H]1CCN(C(=O)c1cnccn1)C2. The van der Waals surface area contributed by atoms with Crippen molar-refractivity contribution in [3.63, 3.8) is 0 Å². The van der Waals surface area contributed by atoms with Crippen LogP contribution < -0.4 is 0 Å². The van der Waals surface area contributed by atoms with Crippen LogP contribution in [0.15, 0.2) is 18.6 Å². The van der Waals surface area contributed by atoms with Gasteiger partial charge in [0.25, 0.3) is 5.91 Å². The van der Waals surface area contributed by atoms with Crippen molar-refractivity contribution in [3.05, 3.63) is 24.3 Å². The van der Waals surface area contributed by atoms with Crippen LogP contribution in [0.1, 0.15) is 29.8 Å². The number of likely N-dealkylation sites (N-methyl/N-ethyl adjacent to an activating group) is 1. The zero-order valence-electron chi connectivity index (χ0n) is 15.2. The minimum atomic E-state index is -0.110. The molecule has 1 amide bonds. The van der Waals surface area contributed by atoms with Crippen molar-refractivity contribution in [2.24, 2.45) is 5.41 Å². The summed E-state index contributed by atoms with van der Waals surface area (Å²) < 4.78 is 12.0. The van der Waals surface area contributed by atoms with Gasteiger partial charge in [-0.05, 0) is 33.4 Å². The van der Waals surface area contributed by atoms with Crippen molar-refractivity contribution < 1.29 is 14.3 Å². The smallest absolute Gasteiger partial charge is 0.274 e. The Morgan fingerprint density at radius 3 is 3.12 bits per heavy atom. The van der Waals surface area contributed by atoms with Crippen molar-refractivity contribution in [2.75, 3.05) is 53.6 Å². The molecule has 2 aliphatic rings. The number of fused-ring (bicyclic) bond motifs is 1. The first kappa shape index (κ1) is 18.2. The van der Waals surface area contributed by atoms with Gasteiger partial charge in [-0.3, -0.25) is 9.78 Å². The van der Waals surface area contributed by atoms with Crippen LogP contribution in [0, 0.1) is 5.41 Å². The zero-order chi connectivity index (χ0) is 17.7. The number of hydrogen-bond acceptors (Lipinski definition) is 6. The average molecular weight is 348 g/mol. The normalized spacial score (nSPS) is 26.5. The van der Waals surface area contributed by atoms with E-state index in [0.717, 1.165) is 32.4 Å². The Labute approximate surface area is 149 Å². The molecule has 0 saturated carbocycles. The average Bonchev–Trinajstić information content (AvgIpc) is 2.65. The molecule has 1 aromatic heterocycles. The summed E-state index contributed by atoms with van der Waals surface area (Å²) in [6.45, 7) is 4.38. The number of nitrogens with zero attached hydrogens (tertiary/aromatic N) is 4. The summed E-state index contributed by atoms with van der Waals surface area (Å²) in [5.41, 5.74) is 0.294. The monoisotopic (exact) mass is 348 g/mol. The van der Waals surface area contributed by atoms with E-state index < -0.39 is 0 Å². The highest BCUT2D eigenvalue weighted by molar-refractivity contribution is 5.92. The lowest BCUT2D eigenvalue weighted by atomic mass is 9.73. The molecule has 138 valence electrons. The molecule has 0 spiro atoms. The van der Waals surface area contributed by atoms with Gasteiger partial charge in [0, 0.05) is 44.0 Å². The minimum Gasteiger partial charge on any atom is -0.379 e. The third-order valence-corrected chi connectivity index (χ3v) is 5.13. The Morgan fingerprint density at radius 1 is 1.48 bits per heavy atom. The number of hydrogen-bond donors (Lipinski definition) is 0. The van der Waals surface area contributed by atoms with Crippen molar-refractivity contribution in [1.29, 1.82) is 0 Å². The second-order valence-corrected chi connectivity index (χ2v) is 7.29. The first-order valence-electron chi connectivity index (χ1n) is 9.00. The maximum absolute atomic E-state index is 12.8. The summed E-state index contributed by atoms with van der Waals surface area (Å²) in [6, 6.07) is 0. The summed E-state index contributed by atoms with van der Waals surface area (Å²) in [5, 5.41) is 0. The lowest BCUT2D eigenvalue weighted by Gasteiger charge is -2.50. The number of likely N-dealkylation sites (tertiary alicyclic amines) is 1. The van der Waals surface area contributed by atoms with Gasteiger partial charge in [-0.15, -0.1) is 0 Å². The zero-order valence-corrected chi connectivity index (χ0v) is 15.2. The summed E-state index contributed by atoms with van der Waals surface area (Å²) in [6.07, 6.45) is 7.74. The Morgan fingerprint density at radius 2 is 2.36 bits per heavy atom. The van der Waals surface area contributed by atoms with Crippen molar-refractivity contribution >= 4 is 5.91 Å². The molecule has 0 unspecified atom stereocenters. The van der Waals surface area contributed by atoms with Crippen molar-refractivity contribution in [2.45, 2.75) is 25.4 Å². The van der Waals surface area contributed by atoms with Gasteiger partial charge in [0.1, 0.15) is 5.69 Å². The first-order valence-corrected chi connectivity index (χ1v) is 9.00. The third-order valence-electron chi connectivity index (χ3n) is 5.13. The van der Waals surface area contributed by atoms with Crippen LogP contribution in [0.2, 0.25) is 0 Å². The Kier molecular flexibility index (Phi) is 5.98. The molecule has 1 aromatic rings. The van der Waals surface area contributed by atoms with Crippen LogP contribution in [0.3, 0.4) is 0 Å². The third kappa shape index (κ3) is 4.34. The fraction of sp³-hybridized carbons (Fsp3) is 0.722. The first-order chi connectivity index (χ1) is 12.1. The number of aromatic nitrogens is 2. The number of piperidine rings is 1. The van der Waals surface area contributed by atoms with Crippen molar-refractivity contribution in [1.82, 2.24) is 19.8 Å². The van der Waals surface area contributed by atoms with E-state index in [1.807, 2.05) is 19.0 Å².